The van der Waals surface area contributed by atoms with E-state index in [1.54, 1.807) is 0 Å². The summed E-state index contributed by atoms with van der Waals surface area (Å²) in [7, 11) is 1.40. The lowest BCUT2D eigenvalue weighted by molar-refractivity contribution is 0.0396. The number of rotatable bonds is 3. The largest absolute Gasteiger partial charge is 0.465 e. The Morgan fingerprint density at radius 2 is 2.04 bits per heavy atom. The number of benzene rings is 1. The van der Waals surface area contributed by atoms with Gasteiger partial charge < -0.3 is 14.4 Å². The molecule has 7 heteroatoms. The van der Waals surface area contributed by atoms with Crippen molar-refractivity contribution in [1.82, 2.24) is 9.97 Å². The van der Waals surface area contributed by atoms with Gasteiger partial charge in [-0.1, -0.05) is 30.3 Å². The number of ether oxygens (including phenoxy) is 2. The second-order valence-electron chi connectivity index (χ2n) is 6.54. The molecule has 1 aliphatic heterocycles. The number of esters is 1. The minimum absolute atomic E-state index is 0.00992. The number of methoxy groups -OCH3 is 1. The molecule has 0 N–H and O–H groups in total. The molecule has 0 unspecified atom stereocenters. The minimum atomic E-state index is -0.330. The Morgan fingerprint density at radius 3 is 2.78 bits per heavy atom. The molecule has 1 atom stereocenters. The molecule has 27 heavy (non-hydrogen) atoms. The van der Waals surface area contributed by atoms with Crippen LogP contribution < -0.4 is 4.90 Å². The molecule has 0 saturated carbocycles. The van der Waals surface area contributed by atoms with Crippen molar-refractivity contribution < 1.29 is 14.3 Å². The number of hydrogen-bond donors (Lipinski definition) is 0. The molecule has 2 aromatic heterocycles. The third-order valence-corrected chi connectivity index (χ3v) is 5.96. The molecule has 1 fully saturated rings. The summed E-state index contributed by atoms with van der Waals surface area (Å²) >= 11 is 1.36. The highest BCUT2D eigenvalue weighted by molar-refractivity contribution is 7.20. The van der Waals surface area contributed by atoms with Gasteiger partial charge in [-0.25, -0.2) is 14.8 Å². The van der Waals surface area contributed by atoms with Crippen LogP contribution in [0.4, 0.5) is 5.82 Å². The first-order chi connectivity index (χ1) is 13.1. The molecule has 0 bridgehead atoms. The number of aromatic nitrogens is 2. The van der Waals surface area contributed by atoms with Crippen molar-refractivity contribution in [3.05, 3.63) is 52.2 Å². The average Bonchev–Trinajstić information content (AvgIpc) is 3.04. The SMILES string of the molecule is COC(=O)c1sc2nc(C)nc(N3CCO[C@H](c4ccccc4)C3)c2c1C. The van der Waals surface area contributed by atoms with E-state index in [0.29, 0.717) is 23.9 Å². The van der Waals surface area contributed by atoms with E-state index in [4.69, 9.17) is 14.5 Å². The van der Waals surface area contributed by atoms with Gasteiger partial charge in [-0.05, 0) is 25.0 Å². The Morgan fingerprint density at radius 1 is 1.26 bits per heavy atom. The van der Waals surface area contributed by atoms with Crippen molar-refractivity contribution in [3.8, 4) is 0 Å². The Balaban J connectivity index is 1.76. The first-order valence-electron chi connectivity index (χ1n) is 8.86. The van der Waals surface area contributed by atoms with Gasteiger partial charge in [0.1, 0.15) is 27.5 Å². The first kappa shape index (κ1) is 17.9. The Bertz CT molecular complexity index is 987. The minimum Gasteiger partial charge on any atom is -0.465 e. The van der Waals surface area contributed by atoms with E-state index in [2.05, 4.69) is 22.0 Å². The molecule has 6 nitrogen and oxygen atoms in total. The molecule has 1 aromatic carbocycles. The lowest BCUT2D eigenvalue weighted by Gasteiger charge is -2.34. The van der Waals surface area contributed by atoms with E-state index in [1.165, 1.54) is 18.4 Å². The standard InChI is InChI=1S/C20H21N3O3S/c1-12-16-18(21-13(2)22-19(16)27-17(12)20(24)25-3)23-9-10-26-15(11-23)14-7-5-4-6-8-14/h4-8,15H,9-11H2,1-3H3/t15-/m0/s1. The lowest BCUT2D eigenvalue weighted by Crippen LogP contribution is -2.39. The molecule has 1 aliphatic rings. The van der Waals surface area contributed by atoms with Crippen LogP contribution >= 0.6 is 11.3 Å². The lowest BCUT2D eigenvalue weighted by atomic mass is 10.1. The molecule has 140 valence electrons. The number of morpholine rings is 1. The van der Waals surface area contributed by atoms with Crippen molar-refractivity contribution in [2.24, 2.45) is 0 Å². The van der Waals surface area contributed by atoms with Gasteiger partial charge in [0, 0.05) is 13.1 Å². The van der Waals surface area contributed by atoms with Crippen LogP contribution in [0.5, 0.6) is 0 Å². The van der Waals surface area contributed by atoms with E-state index in [0.717, 1.165) is 33.7 Å². The molecule has 0 amide bonds. The maximum absolute atomic E-state index is 12.1. The number of hydrogen-bond acceptors (Lipinski definition) is 7. The van der Waals surface area contributed by atoms with Crippen LogP contribution in [-0.2, 0) is 9.47 Å². The summed E-state index contributed by atoms with van der Waals surface area (Å²) in [5.41, 5.74) is 2.03. The van der Waals surface area contributed by atoms with Gasteiger partial charge in [0.2, 0.25) is 0 Å². The molecule has 4 rings (SSSR count). The molecule has 3 heterocycles. The second kappa shape index (κ2) is 7.25. The fraction of sp³-hybridized carbons (Fsp3) is 0.350. The van der Waals surface area contributed by atoms with Crippen molar-refractivity contribution in [2.45, 2.75) is 20.0 Å². The van der Waals surface area contributed by atoms with Crippen LogP contribution in [-0.4, -0.2) is 42.7 Å². The maximum Gasteiger partial charge on any atom is 0.348 e. The van der Waals surface area contributed by atoms with E-state index in [9.17, 15) is 4.79 Å². The van der Waals surface area contributed by atoms with Crippen LogP contribution in [0, 0.1) is 13.8 Å². The quantitative estimate of drug-likeness (QED) is 0.643. The Hall–Kier alpha value is -2.51. The Labute approximate surface area is 161 Å². The fourth-order valence-electron chi connectivity index (χ4n) is 3.45. The predicted octanol–water partition coefficient (Wildman–Crippen LogP) is 3.67. The molecule has 0 radical (unpaired) electrons. The third-order valence-electron chi connectivity index (χ3n) is 4.79. The van der Waals surface area contributed by atoms with E-state index < -0.39 is 0 Å². The zero-order valence-corrected chi connectivity index (χ0v) is 16.4. The van der Waals surface area contributed by atoms with Crippen LogP contribution in [0.15, 0.2) is 30.3 Å². The average molecular weight is 383 g/mol. The highest BCUT2D eigenvalue weighted by Crippen LogP contribution is 2.37. The van der Waals surface area contributed by atoms with Crippen molar-refractivity contribution in [2.75, 3.05) is 31.7 Å². The number of thiophene rings is 1. The maximum atomic E-state index is 12.1. The summed E-state index contributed by atoms with van der Waals surface area (Å²) < 4.78 is 10.9. The zero-order chi connectivity index (χ0) is 19.0. The van der Waals surface area contributed by atoms with Crippen LogP contribution in [0.1, 0.15) is 32.7 Å². The number of carbonyl (C=O) groups is 1. The van der Waals surface area contributed by atoms with E-state index in [-0.39, 0.29) is 12.1 Å². The summed E-state index contributed by atoms with van der Waals surface area (Å²) in [6.45, 7) is 5.89. The van der Waals surface area contributed by atoms with Gasteiger partial charge in [-0.2, -0.15) is 0 Å². The monoisotopic (exact) mass is 383 g/mol. The highest BCUT2D eigenvalue weighted by atomic mass is 32.1. The number of carbonyl (C=O) groups excluding carboxylic acids is 1. The number of aryl methyl sites for hydroxylation is 2. The summed E-state index contributed by atoms with van der Waals surface area (Å²) in [5, 5.41) is 0.930. The number of nitrogens with zero attached hydrogens (tertiary/aromatic N) is 3. The Kier molecular flexibility index (Phi) is 4.80. The summed E-state index contributed by atoms with van der Waals surface area (Å²) in [6.07, 6.45) is -0.00992. The summed E-state index contributed by atoms with van der Waals surface area (Å²) in [5.74, 6) is 1.23. The summed E-state index contributed by atoms with van der Waals surface area (Å²) in [4.78, 5) is 25.0. The second-order valence-corrected chi connectivity index (χ2v) is 7.54. The first-order valence-corrected chi connectivity index (χ1v) is 9.67. The molecule has 0 spiro atoms. The fourth-order valence-corrected chi connectivity index (χ4v) is 4.59. The normalized spacial score (nSPS) is 17.3. The number of fused-ring (bicyclic) bond motifs is 1. The van der Waals surface area contributed by atoms with Gasteiger partial charge in [-0.3, -0.25) is 0 Å². The van der Waals surface area contributed by atoms with Gasteiger partial charge in [0.25, 0.3) is 0 Å². The summed E-state index contributed by atoms with van der Waals surface area (Å²) in [6, 6.07) is 10.2. The molecule has 1 saturated heterocycles. The number of anilines is 1. The molecule has 3 aromatic rings. The predicted molar refractivity (Wildman–Crippen MR) is 106 cm³/mol. The van der Waals surface area contributed by atoms with Gasteiger partial charge in [0.15, 0.2) is 0 Å². The van der Waals surface area contributed by atoms with Crippen LogP contribution in [0.2, 0.25) is 0 Å². The van der Waals surface area contributed by atoms with Gasteiger partial charge in [-0.15, -0.1) is 11.3 Å². The molecular formula is C20H21N3O3S. The van der Waals surface area contributed by atoms with Crippen molar-refractivity contribution in [3.63, 3.8) is 0 Å². The van der Waals surface area contributed by atoms with E-state index in [1.807, 2.05) is 32.0 Å². The van der Waals surface area contributed by atoms with E-state index >= 15 is 0 Å². The van der Waals surface area contributed by atoms with Gasteiger partial charge in [0.05, 0.1) is 19.1 Å². The van der Waals surface area contributed by atoms with Gasteiger partial charge >= 0.3 is 5.97 Å². The highest BCUT2D eigenvalue weighted by Gasteiger charge is 2.27. The van der Waals surface area contributed by atoms with Crippen LogP contribution in [0.3, 0.4) is 0 Å². The zero-order valence-electron chi connectivity index (χ0n) is 15.6. The van der Waals surface area contributed by atoms with Crippen molar-refractivity contribution in [1.29, 1.82) is 0 Å². The van der Waals surface area contributed by atoms with Crippen molar-refractivity contribution >= 4 is 33.3 Å². The third kappa shape index (κ3) is 3.28. The molecule has 0 aliphatic carbocycles. The molecular weight excluding hydrogens is 362 g/mol. The van der Waals surface area contributed by atoms with Crippen LogP contribution in [0.25, 0.3) is 10.2 Å². The smallest absolute Gasteiger partial charge is 0.348 e. The topological polar surface area (TPSA) is 64.5 Å².